The zero-order valence-corrected chi connectivity index (χ0v) is 39.3. The molecular formula is C70H45NO. The van der Waals surface area contributed by atoms with E-state index in [1.165, 1.54) is 76.5 Å². The molecule has 0 saturated heterocycles. The van der Waals surface area contributed by atoms with Gasteiger partial charge in [0.15, 0.2) is 0 Å². The van der Waals surface area contributed by atoms with Gasteiger partial charge in [0.25, 0.3) is 0 Å². The second-order valence-electron chi connectivity index (χ2n) is 18.8. The Balaban J connectivity index is 0.906. The Morgan fingerprint density at radius 1 is 0.236 bits per heavy atom. The first-order chi connectivity index (χ1) is 35.7. The molecule has 0 spiro atoms. The summed E-state index contributed by atoms with van der Waals surface area (Å²) in [4.78, 5) is 2.38. The van der Waals surface area contributed by atoms with E-state index in [1.54, 1.807) is 0 Å². The van der Waals surface area contributed by atoms with Crippen molar-refractivity contribution in [1.82, 2.24) is 0 Å². The average Bonchev–Trinajstić information content (AvgIpc) is 3.85. The van der Waals surface area contributed by atoms with Crippen molar-refractivity contribution >= 4 is 82.1 Å². The third-order valence-corrected chi connectivity index (χ3v) is 14.6. The van der Waals surface area contributed by atoms with E-state index in [-0.39, 0.29) is 0 Å². The van der Waals surface area contributed by atoms with Gasteiger partial charge in [0.1, 0.15) is 11.2 Å². The van der Waals surface area contributed by atoms with Crippen molar-refractivity contribution in [1.29, 1.82) is 0 Å². The molecule has 14 rings (SSSR count). The van der Waals surface area contributed by atoms with Crippen LogP contribution in [0.3, 0.4) is 0 Å². The van der Waals surface area contributed by atoms with E-state index in [0.717, 1.165) is 61.3 Å². The number of para-hydroxylation sites is 2. The highest BCUT2D eigenvalue weighted by Crippen LogP contribution is 2.47. The van der Waals surface area contributed by atoms with Crippen LogP contribution >= 0.6 is 0 Å². The maximum Gasteiger partial charge on any atom is 0.143 e. The van der Waals surface area contributed by atoms with E-state index in [4.69, 9.17) is 4.42 Å². The number of benzene rings is 13. The quantitative estimate of drug-likeness (QED) is 0.141. The lowest BCUT2D eigenvalue weighted by molar-refractivity contribution is 0.670. The van der Waals surface area contributed by atoms with Crippen molar-refractivity contribution in [2.24, 2.45) is 0 Å². The van der Waals surface area contributed by atoms with Crippen LogP contribution in [-0.4, -0.2) is 0 Å². The van der Waals surface area contributed by atoms with Gasteiger partial charge in [-0.3, -0.25) is 0 Å². The molecule has 2 nitrogen and oxygen atoms in total. The molecule has 0 fully saturated rings. The van der Waals surface area contributed by atoms with Crippen molar-refractivity contribution < 1.29 is 4.42 Å². The standard InChI is InChI=1S/C70H45NO/c1-3-16-49(17-4-1)68-64-25-10-9-23-61(64)62-42-36-53(45-66(62)69(68)50-18-5-2-6-19-50)51-20-13-21-57(44-51)71(56-39-33-48(34-40-56)60-26-14-27-65-63-24-11-12-28-67(63)72-70(60)65)55-37-31-46(32-38-55)52-35-41-59-54(43-52)30-29-47-15-7-8-22-58(47)59/h1-45H. The van der Waals surface area contributed by atoms with Crippen LogP contribution in [0, 0.1) is 0 Å². The van der Waals surface area contributed by atoms with Crippen LogP contribution in [0.2, 0.25) is 0 Å². The van der Waals surface area contributed by atoms with Crippen LogP contribution in [0.4, 0.5) is 17.1 Å². The molecule has 336 valence electrons. The molecule has 14 aromatic rings. The summed E-state index contributed by atoms with van der Waals surface area (Å²) in [5, 5.41) is 12.3. The minimum absolute atomic E-state index is 0.899. The fourth-order valence-corrected chi connectivity index (χ4v) is 11.2. The maximum absolute atomic E-state index is 6.50. The molecule has 0 unspecified atom stereocenters. The molecule has 72 heavy (non-hydrogen) atoms. The predicted molar refractivity (Wildman–Crippen MR) is 306 cm³/mol. The van der Waals surface area contributed by atoms with E-state index in [1.807, 2.05) is 12.1 Å². The van der Waals surface area contributed by atoms with Gasteiger partial charge in [-0.25, -0.2) is 0 Å². The molecule has 0 saturated carbocycles. The fraction of sp³-hybridized carbons (Fsp3) is 0. The number of hydrogen-bond donors (Lipinski definition) is 0. The Morgan fingerprint density at radius 3 is 1.49 bits per heavy atom. The molecule has 0 aliphatic heterocycles. The highest BCUT2D eigenvalue weighted by Gasteiger charge is 2.20. The van der Waals surface area contributed by atoms with Crippen molar-refractivity contribution in [2.45, 2.75) is 0 Å². The van der Waals surface area contributed by atoms with Gasteiger partial charge < -0.3 is 9.32 Å². The third-order valence-electron chi connectivity index (χ3n) is 14.6. The molecule has 0 bridgehead atoms. The lowest BCUT2D eigenvalue weighted by Gasteiger charge is -2.26. The smallest absolute Gasteiger partial charge is 0.143 e. The van der Waals surface area contributed by atoms with Gasteiger partial charge >= 0.3 is 0 Å². The summed E-state index contributed by atoms with van der Waals surface area (Å²) >= 11 is 0. The number of anilines is 3. The van der Waals surface area contributed by atoms with Crippen LogP contribution in [0.5, 0.6) is 0 Å². The molecular weight excluding hydrogens is 871 g/mol. The van der Waals surface area contributed by atoms with Gasteiger partial charge in [-0.05, 0) is 148 Å². The summed E-state index contributed by atoms with van der Waals surface area (Å²) < 4.78 is 6.50. The predicted octanol–water partition coefficient (Wildman–Crippen LogP) is 20.0. The van der Waals surface area contributed by atoms with Gasteiger partial charge in [0.2, 0.25) is 0 Å². The molecule has 2 heteroatoms. The molecule has 1 aromatic heterocycles. The highest BCUT2D eigenvalue weighted by molar-refractivity contribution is 6.22. The first-order valence-corrected chi connectivity index (χ1v) is 24.7. The monoisotopic (exact) mass is 915 g/mol. The molecule has 0 aliphatic rings. The fourth-order valence-electron chi connectivity index (χ4n) is 11.2. The number of hydrogen-bond acceptors (Lipinski definition) is 2. The molecule has 13 aromatic carbocycles. The van der Waals surface area contributed by atoms with Crippen LogP contribution < -0.4 is 4.90 Å². The molecule has 1 heterocycles. The molecule has 0 N–H and O–H groups in total. The van der Waals surface area contributed by atoms with Gasteiger partial charge in [-0.2, -0.15) is 0 Å². The first-order valence-electron chi connectivity index (χ1n) is 24.7. The topological polar surface area (TPSA) is 16.4 Å². The van der Waals surface area contributed by atoms with Crippen molar-refractivity contribution in [3.8, 4) is 55.6 Å². The van der Waals surface area contributed by atoms with Crippen molar-refractivity contribution in [3.05, 3.63) is 273 Å². The molecule has 0 radical (unpaired) electrons. The van der Waals surface area contributed by atoms with Crippen LogP contribution in [0.25, 0.3) is 121 Å². The zero-order valence-electron chi connectivity index (χ0n) is 39.3. The van der Waals surface area contributed by atoms with E-state index in [0.29, 0.717) is 0 Å². The van der Waals surface area contributed by atoms with Gasteiger partial charge in [-0.1, -0.05) is 218 Å². The molecule has 0 amide bonds. The van der Waals surface area contributed by atoms with Crippen LogP contribution in [-0.2, 0) is 0 Å². The summed E-state index contributed by atoms with van der Waals surface area (Å²) in [6, 6.07) is 99.3. The zero-order chi connectivity index (χ0) is 47.5. The lowest BCUT2D eigenvalue weighted by Crippen LogP contribution is -2.10. The minimum atomic E-state index is 0.899. The highest BCUT2D eigenvalue weighted by atomic mass is 16.3. The van der Waals surface area contributed by atoms with Crippen LogP contribution in [0.15, 0.2) is 277 Å². The van der Waals surface area contributed by atoms with Crippen LogP contribution in [0.1, 0.15) is 0 Å². The molecule has 0 aliphatic carbocycles. The number of nitrogens with zero attached hydrogens (tertiary/aromatic N) is 1. The second kappa shape index (κ2) is 17.2. The Bertz CT molecular complexity index is 4360. The minimum Gasteiger partial charge on any atom is -0.455 e. The number of fused-ring (bicyclic) bond motifs is 9. The molecule has 0 atom stereocenters. The second-order valence-corrected chi connectivity index (χ2v) is 18.8. The maximum atomic E-state index is 6.50. The Morgan fingerprint density at radius 2 is 0.736 bits per heavy atom. The van der Waals surface area contributed by atoms with Gasteiger partial charge in [0, 0.05) is 33.4 Å². The van der Waals surface area contributed by atoms with E-state index >= 15 is 0 Å². The summed E-state index contributed by atoms with van der Waals surface area (Å²) in [5.74, 6) is 0. The normalized spacial score (nSPS) is 11.6. The third kappa shape index (κ3) is 7.03. The Labute approximate surface area is 417 Å². The summed E-state index contributed by atoms with van der Waals surface area (Å²) in [5.41, 5.74) is 16.7. The average molecular weight is 916 g/mol. The van der Waals surface area contributed by atoms with E-state index in [2.05, 4.69) is 266 Å². The number of furan rings is 1. The van der Waals surface area contributed by atoms with Gasteiger partial charge in [-0.15, -0.1) is 0 Å². The Hall–Kier alpha value is -9.50. The first kappa shape index (κ1) is 41.5. The van der Waals surface area contributed by atoms with Gasteiger partial charge in [0.05, 0.1) is 0 Å². The summed E-state index contributed by atoms with van der Waals surface area (Å²) in [6.45, 7) is 0. The largest absolute Gasteiger partial charge is 0.455 e. The SMILES string of the molecule is c1ccc(-c2c(-c3ccccc3)c3cc(-c4cccc(N(c5ccc(-c6ccc7c(ccc8ccccc87)c6)cc5)c5ccc(-c6cccc7c6oc6ccccc67)cc5)c4)ccc3c3ccccc23)cc1. The lowest BCUT2D eigenvalue weighted by atomic mass is 9.84. The Kier molecular flexibility index (Phi) is 9.89. The number of rotatable bonds is 8. The van der Waals surface area contributed by atoms with E-state index < -0.39 is 0 Å². The summed E-state index contributed by atoms with van der Waals surface area (Å²) in [6.07, 6.45) is 0. The van der Waals surface area contributed by atoms with Crippen molar-refractivity contribution in [2.75, 3.05) is 4.90 Å². The van der Waals surface area contributed by atoms with E-state index in [9.17, 15) is 0 Å². The van der Waals surface area contributed by atoms with Crippen molar-refractivity contribution in [3.63, 3.8) is 0 Å². The summed E-state index contributed by atoms with van der Waals surface area (Å²) in [7, 11) is 0.